The molecular weight excluding hydrogens is 360 g/mol. The van der Waals surface area contributed by atoms with E-state index >= 15 is 0 Å². The summed E-state index contributed by atoms with van der Waals surface area (Å²) < 4.78 is 2.17. The third kappa shape index (κ3) is 3.33. The highest BCUT2D eigenvalue weighted by Gasteiger charge is 2.18. The molecular formula is C16H17ClN6OS. The van der Waals surface area contributed by atoms with E-state index in [0.29, 0.717) is 21.2 Å². The molecule has 0 saturated carbocycles. The number of carbonyl (C=O) groups excluding carboxylic acids is 1. The van der Waals surface area contributed by atoms with Crippen molar-refractivity contribution in [1.29, 1.82) is 0 Å². The predicted octanol–water partition coefficient (Wildman–Crippen LogP) is 2.50. The predicted molar refractivity (Wildman–Crippen MR) is 100.0 cm³/mol. The van der Waals surface area contributed by atoms with Gasteiger partial charge in [0.15, 0.2) is 5.65 Å². The lowest BCUT2D eigenvalue weighted by molar-refractivity contribution is 0.102. The first-order chi connectivity index (χ1) is 12.2. The molecule has 3 aromatic rings. The number of hydrogen-bond donors (Lipinski definition) is 2. The first-order valence-corrected chi connectivity index (χ1v) is 9.32. The van der Waals surface area contributed by atoms with E-state index in [4.69, 9.17) is 11.6 Å². The van der Waals surface area contributed by atoms with Crippen LogP contribution in [0.1, 0.15) is 16.8 Å². The molecule has 0 radical (unpaired) electrons. The molecule has 25 heavy (non-hydrogen) atoms. The Morgan fingerprint density at radius 3 is 3.08 bits per heavy atom. The van der Waals surface area contributed by atoms with Gasteiger partial charge in [0.05, 0.1) is 11.9 Å². The normalized spacial score (nSPS) is 15.3. The van der Waals surface area contributed by atoms with Crippen molar-refractivity contribution in [3.05, 3.63) is 39.8 Å². The fraction of sp³-hybridized carbons (Fsp3) is 0.312. The SMILES string of the molecule is O=C(Nc1ccsc1Cl)c1cnn2ccc(N3CCCNCC3)nc12. The number of aromatic nitrogens is 3. The number of amides is 1. The number of thiophene rings is 1. The molecule has 0 atom stereocenters. The molecule has 4 rings (SSSR count). The molecule has 0 spiro atoms. The first-order valence-electron chi connectivity index (χ1n) is 8.07. The van der Waals surface area contributed by atoms with Gasteiger partial charge < -0.3 is 15.5 Å². The van der Waals surface area contributed by atoms with Gasteiger partial charge in [-0.2, -0.15) is 5.10 Å². The lowest BCUT2D eigenvalue weighted by atomic mass is 10.3. The molecule has 0 aromatic carbocycles. The zero-order valence-corrected chi connectivity index (χ0v) is 15.0. The number of anilines is 2. The molecule has 0 aliphatic carbocycles. The highest BCUT2D eigenvalue weighted by Crippen LogP contribution is 2.28. The van der Waals surface area contributed by atoms with E-state index in [9.17, 15) is 4.79 Å². The van der Waals surface area contributed by atoms with Crippen LogP contribution in [0.4, 0.5) is 11.5 Å². The highest BCUT2D eigenvalue weighted by atomic mass is 35.5. The van der Waals surface area contributed by atoms with E-state index in [1.54, 1.807) is 10.6 Å². The third-order valence-electron chi connectivity index (χ3n) is 4.13. The van der Waals surface area contributed by atoms with Crippen LogP contribution in [-0.4, -0.2) is 46.7 Å². The summed E-state index contributed by atoms with van der Waals surface area (Å²) in [5, 5.41) is 12.3. The van der Waals surface area contributed by atoms with Crippen LogP contribution in [0.15, 0.2) is 29.9 Å². The molecule has 0 bridgehead atoms. The van der Waals surface area contributed by atoms with Crippen molar-refractivity contribution >= 4 is 46.0 Å². The van der Waals surface area contributed by atoms with Gasteiger partial charge in [0, 0.05) is 25.8 Å². The van der Waals surface area contributed by atoms with Crippen LogP contribution in [0.2, 0.25) is 4.34 Å². The quantitative estimate of drug-likeness (QED) is 0.734. The molecule has 1 fully saturated rings. The van der Waals surface area contributed by atoms with Gasteiger partial charge in [0.1, 0.15) is 15.7 Å². The zero-order valence-electron chi connectivity index (χ0n) is 13.4. The summed E-state index contributed by atoms with van der Waals surface area (Å²) in [5.41, 5.74) is 1.57. The standard InChI is InChI=1S/C16H17ClN6OS/c17-14-12(3-9-25-14)20-16(24)11-10-19-23-7-2-13(21-15(11)23)22-6-1-4-18-5-8-22/h2-3,7,9-10,18H,1,4-6,8H2,(H,20,24). The topological polar surface area (TPSA) is 74.6 Å². The summed E-state index contributed by atoms with van der Waals surface area (Å²) in [7, 11) is 0. The van der Waals surface area contributed by atoms with Gasteiger partial charge in [-0.15, -0.1) is 11.3 Å². The van der Waals surface area contributed by atoms with E-state index in [1.807, 2.05) is 17.6 Å². The van der Waals surface area contributed by atoms with E-state index in [0.717, 1.165) is 38.4 Å². The fourth-order valence-corrected chi connectivity index (χ4v) is 3.68. The molecule has 1 saturated heterocycles. The number of fused-ring (bicyclic) bond motifs is 1. The van der Waals surface area contributed by atoms with Crippen molar-refractivity contribution in [3.63, 3.8) is 0 Å². The fourth-order valence-electron chi connectivity index (χ4n) is 2.84. The maximum atomic E-state index is 12.6. The molecule has 7 nitrogen and oxygen atoms in total. The molecule has 4 heterocycles. The molecule has 130 valence electrons. The number of nitrogens with zero attached hydrogens (tertiary/aromatic N) is 4. The maximum Gasteiger partial charge on any atom is 0.261 e. The van der Waals surface area contributed by atoms with E-state index in [2.05, 4.69) is 25.6 Å². The summed E-state index contributed by atoms with van der Waals surface area (Å²) in [5.74, 6) is 0.594. The Balaban J connectivity index is 1.64. The monoisotopic (exact) mass is 376 g/mol. The second-order valence-corrected chi connectivity index (χ2v) is 7.28. The molecule has 1 aliphatic heterocycles. The Kier molecular flexibility index (Phi) is 4.56. The minimum atomic E-state index is -0.266. The van der Waals surface area contributed by atoms with E-state index in [-0.39, 0.29) is 5.91 Å². The molecule has 0 unspecified atom stereocenters. The average Bonchev–Trinajstić information content (AvgIpc) is 3.11. The summed E-state index contributed by atoms with van der Waals surface area (Å²) in [6, 6.07) is 3.71. The van der Waals surface area contributed by atoms with Gasteiger partial charge in [-0.1, -0.05) is 11.6 Å². The largest absolute Gasteiger partial charge is 0.355 e. The molecule has 1 aliphatic rings. The van der Waals surface area contributed by atoms with Gasteiger partial charge in [-0.25, -0.2) is 9.50 Å². The summed E-state index contributed by atoms with van der Waals surface area (Å²) in [6.07, 6.45) is 4.44. The van der Waals surface area contributed by atoms with Crippen molar-refractivity contribution < 1.29 is 4.79 Å². The van der Waals surface area contributed by atoms with E-state index < -0.39 is 0 Å². The van der Waals surface area contributed by atoms with Gasteiger partial charge in [-0.05, 0) is 30.5 Å². The first kappa shape index (κ1) is 16.3. The molecule has 3 aromatic heterocycles. The lowest BCUT2D eigenvalue weighted by Gasteiger charge is -2.20. The summed E-state index contributed by atoms with van der Waals surface area (Å²) in [6.45, 7) is 3.77. The Morgan fingerprint density at radius 2 is 2.24 bits per heavy atom. The van der Waals surface area contributed by atoms with Crippen LogP contribution < -0.4 is 15.5 Å². The Hall–Kier alpha value is -2.16. The van der Waals surface area contributed by atoms with Crippen LogP contribution in [-0.2, 0) is 0 Å². The molecule has 9 heteroatoms. The van der Waals surface area contributed by atoms with Crippen LogP contribution in [0.5, 0.6) is 0 Å². The summed E-state index contributed by atoms with van der Waals surface area (Å²) in [4.78, 5) is 19.5. The van der Waals surface area contributed by atoms with Crippen LogP contribution >= 0.6 is 22.9 Å². The highest BCUT2D eigenvalue weighted by molar-refractivity contribution is 7.15. The van der Waals surface area contributed by atoms with E-state index in [1.165, 1.54) is 17.5 Å². The smallest absolute Gasteiger partial charge is 0.261 e. The van der Waals surface area contributed by atoms with Crippen molar-refractivity contribution in [2.75, 3.05) is 36.4 Å². The number of halogens is 1. The van der Waals surface area contributed by atoms with Crippen LogP contribution in [0.3, 0.4) is 0 Å². The molecule has 1 amide bonds. The summed E-state index contributed by atoms with van der Waals surface area (Å²) >= 11 is 7.43. The van der Waals surface area contributed by atoms with Gasteiger partial charge in [0.2, 0.25) is 0 Å². The zero-order chi connectivity index (χ0) is 17.2. The Bertz CT molecular complexity index is 899. The number of nitrogens with one attached hydrogen (secondary N) is 2. The van der Waals surface area contributed by atoms with Gasteiger partial charge in [-0.3, -0.25) is 4.79 Å². The number of carbonyl (C=O) groups is 1. The number of rotatable bonds is 3. The van der Waals surface area contributed by atoms with Crippen LogP contribution in [0.25, 0.3) is 5.65 Å². The van der Waals surface area contributed by atoms with Gasteiger partial charge >= 0.3 is 0 Å². The van der Waals surface area contributed by atoms with Gasteiger partial charge in [0.25, 0.3) is 5.91 Å². The Morgan fingerprint density at radius 1 is 1.32 bits per heavy atom. The van der Waals surface area contributed by atoms with Crippen LogP contribution in [0, 0.1) is 0 Å². The van der Waals surface area contributed by atoms with Crippen molar-refractivity contribution in [3.8, 4) is 0 Å². The lowest BCUT2D eigenvalue weighted by Crippen LogP contribution is -2.28. The van der Waals surface area contributed by atoms with Crippen molar-refractivity contribution in [2.24, 2.45) is 0 Å². The maximum absolute atomic E-state index is 12.6. The minimum Gasteiger partial charge on any atom is -0.355 e. The average molecular weight is 377 g/mol. The van der Waals surface area contributed by atoms with Crippen molar-refractivity contribution in [2.45, 2.75) is 6.42 Å². The molecule has 2 N–H and O–H groups in total. The minimum absolute atomic E-state index is 0.266. The second kappa shape index (κ2) is 6.99. The van der Waals surface area contributed by atoms with Crippen molar-refractivity contribution in [1.82, 2.24) is 19.9 Å². The second-order valence-electron chi connectivity index (χ2n) is 5.76. The third-order valence-corrected chi connectivity index (χ3v) is 5.30. The Labute approximate surface area is 153 Å². The number of hydrogen-bond acceptors (Lipinski definition) is 6.